The largest absolute Gasteiger partial charge is 0.491 e. The monoisotopic (exact) mass is 618 g/mol. The molecule has 0 aliphatic carbocycles. The number of methoxy groups -OCH3 is 2. The maximum Gasteiger partial charge on any atom is 0.261 e. The number of aromatic nitrogens is 3. The summed E-state index contributed by atoms with van der Waals surface area (Å²) < 4.78 is 52.0. The van der Waals surface area contributed by atoms with Crippen molar-refractivity contribution in [3.8, 4) is 34.3 Å². The van der Waals surface area contributed by atoms with Crippen molar-refractivity contribution in [2.45, 2.75) is 6.61 Å². The van der Waals surface area contributed by atoms with Crippen LogP contribution < -0.4 is 25.0 Å². The number of rotatable bonds is 11. The summed E-state index contributed by atoms with van der Waals surface area (Å²) in [5.74, 6) is -1.57. The van der Waals surface area contributed by atoms with Crippen LogP contribution in [0.1, 0.15) is 16.1 Å². The Balaban J connectivity index is 1.41. The number of anilines is 1. The molecule has 0 saturated carbocycles. The predicted octanol–water partition coefficient (Wildman–Crippen LogP) is 4.84. The van der Waals surface area contributed by atoms with E-state index in [9.17, 15) is 19.1 Å². The van der Waals surface area contributed by atoms with Gasteiger partial charge in [0.25, 0.3) is 11.8 Å². The summed E-state index contributed by atoms with van der Waals surface area (Å²) in [6.07, 6.45) is 2.74. The average molecular weight is 619 g/mol. The molecular formula is C32H28F2N4O7. The van der Waals surface area contributed by atoms with Gasteiger partial charge in [-0.3, -0.25) is 14.6 Å². The van der Waals surface area contributed by atoms with E-state index in [1.807, 2.05) is 0 Å². The molecule has 11 nitrogen and oxygen atoms in total. The highest BCUT2D eigenvalue weighted by Crippen LogP contribution is 2.35. The number of carbonyl (C=O) groups excluding carboxylic acids is 1. The van der Waals surface area contributed by atoms with E-state index in [4.69, 9.17) is 18.9 Å². The zero-order valence-corrected chi connectivity index (χ0v) is 24.5. The maximum absolute atomic E-state index is 15.3. The highest BCUT2D eigenvalue weighted by atomic mass is 19.1. The van der Waals surface area contributed by atoms with Gasteiger partial charge in [0.15, 0.2) is 23.1 Å². The van der Waals surface area contributed by atoms with Crippen molar-refractivity contribution in [2.24, 2.45) is 7.05 Å². The van der Waals surface area contributed by atoms with Gasteiger partial charge in [-0.05, 0) is 29.8 Å². The number of ether oxygens (including phenoxy) is 4. The first-order chi connectivity index (χ1) is 21.7. The summed E-state index contributed by atoms with van der Waals surface area (Å²) in [6, 6.07) is 12.0. The predicted molar refractivity (Wildman–Crippen MR) is 161 cm³/mol. The van der Waals surface area contributed by atoms with E-state index in [2.05, 4.69) is 15.3 Å². The Morgan fingerprint density at radius 3 is 2.47 bits per heavy atom. The van der Waals surface area contributed by atoms with E-state index in [0.717, 1.165) is 6.07 Å². The van der Waals surface area contributed by atoms with Crippen molar-refractivity contribution in [3.05, 3.63) is 100 Å². The first-order valence-electron chi connectivity index (χ1n) is 13.6. The molecule has 5 aromatic rings. The van der Waals surface area contributed by atoms with Crippen LogP contribution in [-0.4, -0.2) is 53.0 Å². The molecule has 0 saturated heterocycles. The normalized spacial score (nSPS) is 11.0. The molecule has 0 radical (unpaired) electrons. The third-order valence-corrected chi connectivity index (χ3v) is 6.80. The number of benzene rings is 2. The smallest absolute Gasteiger partial charge is 0.261 e. The van der Waals surface area contributed by atoms with Gasteiger partial charge in [-0.25, -0.2) is 13.8 Å². The molecule has 13 heteroatoms. The molecule has 1 amide bonds. The summed E-state index contributed by atoms with van der Waals surface area (Å²) in [5, 5.41) is 12.4. The number of amides is 1. The molecule has 0 aliphatic heterocycles. The minimum absolute atomic E-state index is 0.0469. The van der Waals surface area contributed by atoms with Crippen molar-refractivity contribution >= 4 is 22.6 Å². The lowest BCUT2D eigenvalue weighted by Crippen LogP contribution is -2.26. The minimum atomic E-state index is -0.809. The van der Waals surface area contributed by atoms with Crippen LogP contribution in [0.2, 0.25) is 0 Å². The number of nitrogens with one attached hydrogen (secondary N) is 1. The van der Waals surface area contributed by atoms with Crippen LogP contribution in [0.3, 0.4) is 0 Å². The van der Waals surface area contributed by atoms with Gasteiger partial charge >= 0.3 is 0 Å². The molecule has 3 heterocycles. The lowest BCUT2D eigenvalue weighted by atomic mass is 10.0. The fourth-order valence-electron chi connectivity index (χ4n) is 4.58. The third-order valence-electron chi connectivity index (χ3n) is 6.80. The van der Waals surface area contributed by atoms with Crippen molar-refractivity contribution in [1.82, 2.24) is 14.5 Å². The van der Waals surface area contributed by atoms with Crippen molar-refractivity contribution in [3.63, 3.8) is 0 Å². The standard InChI is InChI=1S/C32H28F2N4O7/c1-38-16-21(30(40)28(24(38)17-39)18-4-6-19(33)7-5-18)31(41)36-20-8-9-25(22(34)14-20)45-26-10-11-35-23-15-27(43-3)32(37-29(23)26)44-13-12-42-2/h4-11,14-16,39H,12-13,17H2,1-3H3,(H,36,41). The summed E-state index contributed by atoms with van der Waals surface area (Å²) in [6.45, 7) is 0.0468. The number of fused-ring (bicyclic) bond motifs is 1. The fourth-order valence-corrected chi connectivity index (χ4v) is 4.58. The van der Waals surface area contributed by atoms with Crippen LogP contribution in [0.15, 0.2) is 71.8 Å². The third kappa shape index (κ3) is 6.59. The highest BCUT2D eigenvalue weighted by Gasteiger charge is 2.21. The molecule has 3 aromatic heterocycles. The fraction of sp³-hybridized carbons (Fsp3) is 0.188. The lowest BCUT2D eigenvalue weighted by molar-refractivity contribution is 0.102. The Morgan fingerprint density at radius 2 is 1.78 bits per heavy atom. The van der Waals surface area contributed by atoms with Gasteiger partial charge in [0.05, 0.1) is 37.1 Å². The van der Waals surface area contributed by atoms with E-state index >= 15 is 4.39 Å². The van der Waals surface area contributed by atoms with Crippen LogP contribution in [0, 0.1) is 11.6 Å². The average Bonchev–Trinajstić information content (AvgIpc) is 3.03. The van der Waals surface area contributed by atoms with Crippen LogP contribution in [0.25, 0.3) is 22.2 Å². The molecule has 2 N–H and O–H groups in total. The number of aliphatic hydroxyl groups is 1. The molecule has 5 rings (SSSR count). The van der Waals surface area contributed by atoms with Crippen molar-refractivity contribution in [1.29, 1.82) is 0 Å². The number of hydrogen-bond acceptors (Lipinski definition) is 9. The summed E-state index contributed by atoms with van der Waals surface area (Å²) >= 11 is 0. The van der Waals surface area contributed by atoms with Crippen molar-refractivity contribution in [2.75, 3.05) is 32.8 Å². The molecule has 0 aliphatic rings. The zero-order valence-electron chi connectivity index (χ0n) is 24.5. The number of carbonyl (C=O) groups is 1. The topological polar surface area (TPSA) is 134 Å². The van der Waals surface area contributed by atoms with Crippen molar-refractivity contribution < 1.29 is 37.6 Å². The number of halogens is 2. The van der Waals surface area contributed by atoms with E-state index in [1.165, 1.54) is 73.6 Å². The van der Waals surface area contributed by atoms with Gasteiger partial charge in [-0.1, -0.05) is 12.1 Å². The highest BCUT2D eigenvalue weighted by molar-refractivity contribution is 6.04. The second-order valence-corrected chi connectivity index (χ2v) is 9.68. The molecule has 45 heavy (non-hydrogen) atoms. The van der Waals surface area contributed by atoms with Crippen LogP contribution >= 0.6 is 0 Å². The number of pyridine rings is 3. The van der Waals surface area contributed by atoms with Crippen LogP contribution in [0.4, 0.5) is 14.5 Å². The Bertz CT molecular complexity index is 1930. The van der Waals surface area contributed by atoms with E-state index < -0.39 is 29.6 Å². The number of aliphatic hydroxyl groups excluding tert-OH is 1. The SMILES string of the molecule is COCCOc1nc2c(Oc3ccc(NC(=O)c4cn(C)c(CO)c(-c5ccc(F)cc5)c4=O)cc3F)ccnc2cc1OC. The van der Waals surface area contributed by atoms with E-state index in [-0.39, 0.29) is 46.5 Å². The number of hydrogen-bond donors (Lipinski definition) is 2. The van der Waals surface area contributed by atoms with Crippen LogP contribution in [-0.2, 0) is 18.4 Å². The molecule has 0 fully saturated rings. The Hall–Kier alpha value is -5.40. The Labute approximate surface area is 255 Å². The quantitative estimate of drug-likeness (QED) is 0.199. The van der Waals surface area contributed by atoms with Crippen LogP contribution in [0.5, 0.6) is 23.1 Å². The minimum Gasteiger partial charge on any atom is -0.491 e. The molecule has 232 valence electrons. The first-order valence-corrected chi connectivity index (χ1v) is 13.6. The molecule has 2 aromatic carbocycles. The van der Waals surface area contributed by atoms with Gasteiger partial charge in [0.2, 0.25) is 5.43 Å². The number of nitrogens with zero attached hydrogens (tertiary/aromatic N) is 3. The second-order valence-electron chi connectivity index (χ2n) is 9.68. The molecule has 0 spiro atoms. The molecular weight excluding hydrogens is 590 g/mol. The summed E-state index contributed by atoms with van der Waals surface area (Å²) in [4.78, 5) is 35.3. The Morgan fingerprint density at radius 1 is 1.00 bits per heavy atom. The first kappa shape index (κ1) is 31.0. The number of aryl methyl sites for hydroxylation is 1. The van der Waals surface area contributed by atoms with E-state index in [0.29, 0.717) is 29.0 Å². The zero-order chi connectivity index (χ0) is 32.1. The Kier molecular flexibility index (Phi) is 9.31. The molecule has 0 unspecified atom stereocenters. The van der Waals surface area contributed by atoms with Gasteiger partial charge in [0, 0.05) is 50.4 Å². The second kappa shape index (κ2) is 13.5. The van der Waals surface area contributed by atoms with E-state index in [1.54, 1.807) is 13.1 Å². The van der Waals surface area contributed by atoms with Gasteiger partial charge in [-0.15, -0.1) is 0 Å². The molecule has 0 bridgehead atoms. The van der Waals surface area contributed by atoms with Gasteiger partial charge in [0.1, 0.15) is 23.5 Å². The van der Waals surface area contributed by atoms with Gasteiger partial charge < -0.3 is 33.9 Å². The lowest BCUT2D eigenvalue weighted by Gasteiger charge is -2.15. The summed E-state index contributed by atoms with van der Waals surface area (Å²) in [7, 11) is 4.56. The van der Waals surface area contributed by atoms with Gasteiger partial charge in [-0.2, -0.15) is 0 Å². The maximum atomic E-state index is 15.3. The summed E-state index contributed by atoms with van der Waals surface area (Å²) in [5.41, 5.74) is 0.435. The molecule has 0 atom stereocenters.